The Morgan fingerprint density at radius 1 is 1.14 bits per heavy atom. The summed E-state index contributed by atoms with van der Waals surface area (Å²) in [5, 5.41) is 10.6. The maximum absolute atomic E-state index is 12.7. The number of rotatable bonds is 11. The molecule has 1 amide bonds. The third-order valence-electron chi connectivity index (χ3n) is 4.06. The Kier molecular flexibility index (Phi) is 7.91. The molecule has 2 rings (SSSR count). The smallest absolute Gasteiger partial charge is 0.251 e. The molecule has 0 saturated heterocycles. The van der Waals surface area contributed by atoms with Gasteiger partial charge in [0.25, 0.3) is 5.91 Å². The number of nitrogens with two attached hydrogens (primary N) is 1. The summed E-state index contributed by atoms with van der Waals surface area (Å²) in [4.78, 5) is 12.6. The van der Waals surface area contributed by atoms with Crippen molar-refractivity contribution >= 4 is 27.5 Å². The van der Waals surface area contributed by atoms with Crippen molar-refractivity contribution in [2.45, 2.75) is 35.2 Å². The van der Waals surface area contributed by atoms with Gasteiger partial charge in [-0.05, 0) is 42.8 Å². The summed E-state index contributed by atoms with van der Waals surface area (Å²) < 4.78 is 31.0. The number of ether oxygens (including phenoxy) is 1. The van der Waals surface area contributed by atoms with Gasteiger partial charge in [0.05, 0.1) is 17.3 Å². The molecule has 0 spiro atoms. The van der Waals surface area contributed by atoms with E-state index in [9.17, 15) is 18.3 Å². The Morgan fingerprint density at radius 2 is 1.79 bits per heavy atom. The van der Waals surface area contributed by atoms with Crippen molar-refractivity contribution in [3.63, 3.8) is 0 Å². The molecule has 0 aromatic heterocycles. The van der Waals surface area contributed by atoms with Crippen molar-refractivity contribution < 1.29 is 23.1 Å². The first-order chi connectivity index (χ1) is 13.3. The van der Waals surface area contributed by atoms with Gasteiger partial charge < -0.3 is 15.6 Å². The molecule has 2 aromatic rings. The molecule has 8 heteroatoms. The summed E-state index contributed by atoms with van der Waals surface area (Å²) in [7, 11) is -3.93. The molecular weight excluding hydrogens is 398 g/mol. The lowest BCUT2D eigenvalue weighted by Crippen LogP contribution is -2.51. The van der Waals surface area contributed by atoms with E-state index in [2.05, 4.69) is 6.92 Å². The van der Waals surface area contributed by atoms with E-state index in [1.54, 1.807) is 24.3 Å². The average Bonchev–Trinajstić information content (AvgIpc) is 2.67. The van der Waals surface area contributed by atoms with Gasteiger partial charge in [0.2, 0.25) is 0 Å². The van der Waals surface area contributed by atoms with E-state index in [1.165, 1.54) is 23.9 Å². The molecule has 1 unspecified atom stereocenters. The number of primary amides is 1. The predicted molar refractivity (Wildman–Crippen MR) is 110 cm³/mol. The molecule has 0 aliphatic heterocycles. The van der Waals surface area contributed by atoms with Crippen molar-refractivity contribution in [1.29, 1.82) is 0 Å². The fraction of sp³-hybridized carbons (Fsp3) is 0.350. The van der Waals surface area contributed by atoms with E-state index in [-0.39, 0.29) is 10.6 Å². The summed E-state index contributed by atoms with van der Waals surface area (Å²) in [6, 6.07) is 15.0. The van der Waals surface area contributed by atoms with Crippen LogP contribution in [0.2, 0.25) is 0 Å². The molecule has 152 valence electrons. The quantitative estimate of drug-likeness (QED) is 0.425. The van der Waals surface area contributed by atoms with E-state index in [4.69, 9.17) is 10.5 Å². The summed E-state index contributed by atoms with van der Waals surface area (Å²) in [6.45, 7) is 2.61. The van der Waals surface area contributed by atoms with Crippen molar-refractivity contribution in [3.05, 3.63) is 54.6 Å². The number of carbonyl (C=O) groups is 1. The van der Waals surface area contributed by atoms with E-state index >= 15 is 0 Å². The Hall–Kier alpha value is -2.03. The van der Waals surface area contributed by atoms with Crippen LogP contribution >= 0.6 is 11.8 Å². The van der Waals surface area contributed by atoms with Crippen LogP contribution in [0.4, 0.5) is 0 Å². The molecule has 0 heterocycles. The molecule has 0 radical (unpaired) electrons. The lowest BCUT2D eigenvalue weighted by molar-refractivity contribution is -0.132. The highest BCUT2D eigenvalue weighted by atomic mass is 32.2. The van der Waals surface area contributed by atoms with Gasteiger partial charge in [-0.15, -0.1) is 11.8 Å². The lowest BCUT2D eigenvalue weighted by atomic mass is 10.1. The lowest BCUT2D eigenvalue weighted by Gasteiger charge is -2.24. The van der Waals surface area contributed by atoms with Crippen LogP contribution in [0.25, 0.3) is 0 Å². The number of sulfone groups is 1. The molecule has 0 saturated carbocycles. The zero-order chi connectivity index (χ0) is 20.6. The number of amides is 1. The first-order valence-electron chi connectivity index (χ1n) is 8.92. The van der Waals surface area contributed by atoms with Gasteiger partial charge in [0, 0.05) is 10.6 Å². The van der Waals surface area contributed by atoms with E-state index in [1.807, 2.05) is 18.2 Å². The summed E-state index contributed by atoms with van der Waals surface area (Å²) >= 11 is 1.17. The second-order valence-electron chi connectivity index (χ2n) is 6.43. The zero-order valence-electron chi connectivity index (χ0n) is 15.7. The zero-order valence-corrected chi connectivity index (χ0v) is 17.3. The Labute approximate surface area is 170 Å². The molecule has 6 nitrogen and oxygen atoms in total. The minimum Gasteiger partial charge on any atom is -0.494 e. The normalized spacial score (nSPS) is 13.6. The first kappa shape index (κ1) is 22.3. The number of hydrogen-bond acceptors (Lipinski definition) is 6. The fourth-order valence-corrected chi connectivity index (χ4v) is 5.10. The molecule has 0 aliphatic rings. The van der Waals surface area contributed by atoms with Crippen LogP contribution < -0.4 is 10.5 Å². The van der Waals surface area contributed by atoms with Gasteiger partial charge in [-0.1, -0.05) is 31.5 Å². The number of hydrogen-bond donors (Lipinski definition) is 2. The van der Waals surface area contributed by atoms with Gasteiger partial charge in [-0.2, -0.15) is 0 Å². The Morgan fingerprint density at radius 3 is 2.36 bits per heavy atom. The molecule has 28 heavy (non-hydrogen) atoms. The molecule has 0 bridgehead atoms. The first-order valence-corrected chi connectivity index (χ1v) is 11.6. The van der Waals surface area contributed by atoms with Crippen molar-refractivity contribution in [2.75, 3.05) is 18.1 Å². The number of aliphatic hydroxyl groups is 1. The summed E-state index contributed by atoms with van der Waals surface area (Å²) in [5.41, 5.74) is 3.14. The van der Waals surface area contributed by atoms with Crippen molar-refractivity contribution in [2.24, 2.45) is 5.73 Å². The van der Waals surface area contributed by atoms with Crippen LogP contribution in [0.5, 0.6) is 5.75 Å². The Bertz CT molecular complexity index is 869. The second kappa shape index (κ2) is 9.95. The standard InChI is InChI=1S/C20H25NO5S2/c1-2-3-13-26-16-9-11-18(12-10-16)28(24,25)15-20(23,19(21)22)14-27-17-7-5-4-6-8-17/h4-12,23H,2-3,13-15H2,1H3,(H2,21,22). The topological polar surface area (TPSA) is 107 Å². The Balaban J connectivity index is 2.10. The minimum atomic E-state index is -3.93. The van der Waals surface area contributed by atoms with Crippen molar-refractivity contribution in [3.8, 4) is 5.75 Å². The van der Waals surface area contributed by atoms with Crippen LogP contribution in [0.1, 0.15) is 19.8 Å². The number of unbranched alkanes of at least 4 members (excludes halogenated alkanes) is 1. The van der Waals surface area contributed by atoms with E-state index in [0.717, 1.165) is 17.7 Å². The van der Waals surface area contributed by atoms with Crippen LogP contribution in [-0.2, 0) is 14.6 Å². The number of carbonyl (C=O) groups excluding carboxylic acids is 1. The van der Waals surface area contributed by atoms with Gasteiger partial charge in [-0.3, -0.25) is 4.79 Å². The summed E-state index contributed by atoms with van der Waals surface area (Å²) in [6.07, 6.45) is 1.91. The maximum Gasteiger partial charge on any atom is 0.251 e. The van der Waals surface area contributed by atoms with Gasteiger partial charge in [0.15, 0.2) is 15.4 Å². The predicted octanol–water partition coefficient (Wildman–Crippen LogP) is 2.65. The second-order valence-corrected chi connectivity index (χ2v) is 9.47. The number of thioether (sulfide) groups is 1. The van der Waals surface area contributed by atoms with Gasteiger partial charge in [0.1, 0.15) is 5.75 Å². The highest BCUT2D eigenvalue weighted by molar-refractivity contribution is 7.99. The van der Waals surface area contributed by atoms with Crippen LogP contribution in [0.3, 0.4) is 0 Å². The summed E-state index contributed by atoms with van der Waals surface area (Å²) in [5.74, 6) is -1.45. The van der Waals surface area contributed by atoms with Crippen LogP contribution in [0.15, 0.2) is 64.4 Å². The molecule has 3 N–H and O–H groups in total. The molecular formula is C20H25NO5S2. The van der Waals surface area contributed by atoms with Crippen LogP contribution in [0, 0.1) is 0 Å². The van der Waals surface area contributed by atoms with Gasteiger partial charge >= 0.3 is 0 Å². The van der Waals surface area contributed by atoms with E-state index < -0.39 is 27.1 Å². The monoisotopic (exact) mass is 423 g/mol. The maximum atomic E-state index is 12.7. The van der Waals surface area contributed by atoms with Gasteiger partial charge in [-0.25, -0.2) is 8.42 Å². The molecule has 2 aromatic carbocycles. The van der Waals surface area contributed by atoms with E-state index in [0.29, 0.717) is 12.4 Å². The third kappa shape index (κ3) is 6.25. The molecule has 0 aliphatic carbocycles. The average molecular weight is 424 g/mol. The highest BCUT2D eigenvalue weighted by Gasteiger charge is 2.39. The minimum absolute atomic E-state index is 0.000252. The van der Waals surface area contributed by atoms with Crippen molar-refractivity contribution in [1.82, 2.24) is 0 Å². The number of benzene rings is 2. The SMILES string of the molecule is CCCCOc1ccc(S(=O)(=O)CC(O)(CSc2ccccc2)C(N)=O)cc1. The third-order valence-corrected chi connectivity index (χ3v) is 7.13. The largest absolute Gasteiger partial charge is 0.494 e. The fourth-order valence-electron chi connectivity index (χ4n) is 2.38. The molecule has 0 fully saturated rings. The van der Waals surface area contributed by atoms with Crippen LogP contribution in [-0.4, -0.2) is 43.1 Å². The molecule has 1 atom stereocenters. The highest BCUT2D eigenvalue weighted by Crippen LogP contribution is 2.26.